The second-order valence-corrected chi connectivity index (χ2v) is 8.13. The average Bonchev–Trinajstić information content (AvgIpc) is 2.99. The highest BCUT2D eigenvalue weighted by Gasteiger charge is 2.24. The molecule has 0 saturated carbocycles. The van der Waals surface area contributed by atoms with Crippen LogP contribution >= 0.6 is 11.3 Å². The molecule has 140 valence electrons. The van der Waals surface area contributed by atoms with E-state index in [0.29, 0.717) is 6.54 Å². The number of urea groups is 1. The Balaban J connectivity index is 1.70. The number of benzene rings is 1. The zero-order chi connectivity index (χ0) is 18.7. The number of nitrogens with zero attached hydrogens (tertiary/aromatic N) is 3. The number of carbonyl (C=O) groups is 1. The van der Waals surface area contributed by atoms with Crippen LogP contribution in [0, 0.1) is 6.92 Å². The predicted molar refractivity (Wildman–Crippen MR) is 106 cm³/mol. The maximum Gasteiger partial charge on any atom is 0.321 e. The smallest absolute Gasteiger partial charge is 0.321 e. The summed E-state index contributed by atoms with van der Waals surface area (Å²) in [7, 11) is 1.80. The van der Waals surface area contributed by atoms with Gasteiger partial charge in [0.15, 0.2) is 0 Å². The molecule has 2 amide bonds. The van der Waals surface area contributed by atoms with E-state index in [-0.39, 0.29) is 18.2 Å². The number of carbonyl (C=O) groups excluding carboxylic acids is 1. The Morgan fingerprint density at radius 2 is 2.04 bits per heavy atom. The van der Waals surface area contributed by atoms with Crippen molar-refractivity contribution in [2.75, 3.05) is 30.4 Å². The van der Waals surface area contributed by atoms with Gasteiger partial charge in [-0.15, -0.1) is 11.3 Å². The van der Waals surface area contributed by atoms with Gasteiger partial charge in [0.25, 0.3) is 0 Å². The van der Waals surface area contributed by atoms with Crippen molar-refractivity contribution in [3.8, 4) is 0 Å². The molecule has 26 heavy (non-hydrogen) atoms. The lowest BCUT2D eigenvalue weighted by molar-refractivity contribution is -0.00517. The topological polar surface area (TPSA) is 57.7 Å². The van der Waals surface area contributed by atoms with Crippen molar-refractivity contribution >= 4 is 28.7 Å². The molecular formula is C19H26N4O2S. The van der Waals surface area contributed by atoms with Crippen LogP contribution in [0.1, 0.15) is 23.7 Å². The SMILES string of the molecule is Cc1ncc(CN(C)C(=O)Nc2ccccc2N2C[C@@H](C)O[C@@H](C)C2)s1. The van der Waals surface area contributed by atoms with Crippen LogP contribution in [0.4, 0.5) is 16.2 Å². The molecule has 0 unspecified atom stereocenters. The fourth-order valence-corrected chi connectivity index (χ4v) is 4.07. The van der Waals surface area contributed by atoms with Crippen molar-refractivity contribution in [2.24, 2.45) is 0 Å². The number of hydrogen-bond donors (Lipinski definition) is 1. The summed E-state index contributed by atoms with van der Waals surface area (Å²) in [6.07, 6.45) is 2.16. The molecule has 2 atom stereocenters. The highest BCUT2D eigenvalue weighted by atomic mass is 32.1. The first-order valence-corrected chi connectivity index (χ1v) is 9.67. The van der Waals surface area contributed by atoms with Crippen LogP contribution in [-0.2, 0) is 11.3 Å². The largest absolute Gasteiger partial charge is 0.372 e. The van der Waals surface area contributed by atoms with E-state index in [4.69, 9.17) is 4.74 Å². The molecule has 6 nitrogen and oxygen atoms in total. The number of ether oxygens (including phenoxy) is 1. The first kappa shape index (κ1) is 18.7. The van der Waals surface area contributed by atoms with Crippen LogP contribution in [0.5, 0.6) is 0 Å². The molecular weight excluding hydrogens is 348 g/mol. The van der Waals surface area contributed by atoms with Crippen LogP contribution in [0.3, 0.4) is 0 Å². The van der Waals surface area contributed by atoms with Crippen molar-refractivity contribution in [1.29, 1.82) is 0 Å². The van der Waals surface area contributed by atoms with E-state index < -0.39 is 0 Å². The van der Waals surface area contributed by atoms with Gasteiger partial charge in [0.05, 0.1) is 35.1 Å². The number of hydrogen-bond acceptors (Lipinski definition) is 5. The van der Waals surface area contributed by atoms with Crippen molar-refractivity contribution in [2.45, 2.75) is 39.5 Å². The van der Waals surface area contributed by atoms with Crippen LogP contribution in [0.25, 0.3) is 0 Å². The van der Waals surface area contributed by atoms with Gasteiger partial charge < -0.3 is 19.9 Å². The molecule has 0 radical (unpaired) electrons. The molecule has 1 saturated heterocycles. The van der Waals surface area contributed by atoms with Gasteiger partial charge in [-0.3, -0.25) is 0 Å². The van der Waals surface area contributed by atoms with Gasteiger partial charge in [0.2, 0.25) is 0 Å². The third-order valence-corrected chi connectivity index (χ3v) is 5.21. The Morgan fingerprint density at radius 1 is 1.35 bits per heavy atom. The fourth-order valence-electron chi connectivity index (χ4n) is 3.22. The quantitative estimate of drug-likeness (QED) is 0.886. The zero-order valence-corrected chi connectivity index (χ0v) is 16.5. The maximum absolute atomic E-state index is 12.6. The van der Waals surface area contributed by atoms with E-state index in [0.717, 1.165) is 34.3 Å². The molecule has 0 bridgehead atoms. The Labute approximate surface area is 158 Å². The number of para-hydroxylation sites is 2. The van der Waals surface area contributed by atoms with Crippen molar-refractivity contribution in [3.63, 3.8) is 0 Å². The van der Waals surface area contributed by atoms with Gasteiger partial charge in [-0.05, 0) is 32.9 Å². The molecule has 0 spiro atoms. The molecule has 3 rings (SSSR count). The third kappa shape index (κ3) is 4.53. The van der Waals surface area contributed by atoms with E-state index in [1.807, 2.05) is 37.4 Å². The van der Waals surface area contributed by atoms with E-state index in [1.165, 1.54) is 0 Å². The highest BCUT2D eigenvalue weighted by Crippen LogP contribution is 2.28. The summed E-state index contributed by atoms with van der Waals surface area (Å²) in [6, 6.07) is 7.81. The normalized spacial score (nSPS) is 20.1. The summed E-state index contributed by atoms with van der Waals surface area (Å²) in [5.41, 5.74) is 1.86. The number of aromatic nitrogens is 1. The van der Waals surface area contributed by atoms with E-state index in [2.05, 4.69) is 29.0 Å². The molecule has 1 aliphatic rings. The molecule has 0 aliphatic carbocycles. The number of morpholine rings is 1. The molecule has 7 heteroatoms. The van der Waals surface area contributed by atoms with Gasteiger partial charge in [0.1, 0.15) is 0 Å². The lowest BCUT2D eigenvalue weighted by Crippen LogP contribution is -2.45. The number of thiazole rings is 1. The number of amides is 2. The van der Waals surface area contributed by atoms with Gasteiger partial charge in [-0.2, -0.15) is 0 Å². The molecule has 2 aromatic rings. The van der Waals surface area contributed by atoms with E-state index >= 15 is 0 Å². The van der Waals surface area contributed by atoms with Crippen molar-refractivity contribution < 1.29 is 9.53 Å². The molecule has 1 aliphatic heterocycles. The molecule has 1 aromatic heterocycles. The third-order valence-electron chi connectivity index (χ3n) is 4.31. The molecule has 1 aromatic carbocycles. The highest BCUT2D eigenvalue weighted by molar-refractivity contribution is 7.11. The first-order chi connectivity index (χ1) is 12.4. The van der Waals surface area contributed by atoms with E-state index in [9.17, 15) is 4.79 Å². The second kappa shape index (κ2) is 8.05. The van der Waals surface area contributed by atoms with E-state index in [1.54, 1.807) is 23.3 Å². The molecule has 1 fully saturated rings. The monoisotopic (exact) mass is 374 g/mol. The Kier molecular flexibility index (Phi) is 5.78. The number of anilines is 2. The summed E-state index contributed by atoms with van der Waals surface area (Å²) >= 11 is 1.61. The van der Waals surface area contributed by atoms with Crippen molar-refractivity contribution in [1.82, 2.24) is 9.88 Å². The lowest BCUT2D eigenvalue weighted by atomic mass is 10.1. The molecule has 1 N–H and O–H groups in total. The van der Waals surface area contributed by atoms with Gasteiger partial charge >= 0.3 is 6.03 Å². The van der Waals surface area contributed by atoms with Crippen LogP contribution in [0.2, 0.25) is 0 Å². The minimum Gasteiger partial charge on any atom is -0.372 e. The molecule has 2 heterocycles. The summed E-state index contributed by atoms with van der Waals surface area (Å²) in [4.78, 5) is 21.9. The Morgan fingerprint density at radius 3 is 2.69 bits per heavy atom. The van der Waals surface area contributed by atoms with Crippen LogP contribution in [0.15, 0.2) is 30.5 Å². The Bertz CT molecular complexity index is 754. The first-order valence-electron chi connectivity index (χ1n) is 8.85. The second-order valence-electron chi connectivity index (χ2n) is 6.81. The summed E-state index contributed by atoms with van der Waals surface area (Å²) in [5, 5.41) is 4.06. The standard InChI is InChI=1S/C19H26N4O2S/c1-13-10-23(11-14(2)25-13)18-8-6-5-7-17(18)21-19(24)22(4)12-16-9-20-15(3)26-16/h5-9,13-14H,10-12H2,1-4H3,(H,21,24)/t13-,14+. The predicted octanol–water partition coefficient (Wildman–Crippen LogP) is 3.73. The fraction of sp³-hybridized carbons (Fsp3) is 0.474. The van der Waals surface area contributed by atoms with Crippen LogP contribution < -0.4 is 10.2 Å². The summed E-state index contributed by atoms with van der Waals surface area (Å²) < 4.78 is 5.82. The van der Waals surface area contributed by atoms with Gasteiger partial charge in [0, 0.05) is 31.2 Å². The van der Waals surface area contributed by atoms with Gasteiger partial charge in [-0.1, -0.05) is 12.1 Å². The van der Waals surface area contributed by atoms with Crippen LogP contribution in [-0.4, -0.2) is 48.3 Å². The minimum absolute atomic E-state index is 0.127. The maximum atomic E-state index is 12.6. The lowest BCUT2D eigenvalue weighted by Gasteiger charge is -2.37. The Hall–Kier alpha value is -2.12. The summed E-state index contributed by atoms with van der Waals surface area (Å²) in [5.74, 6) is 0. The summed E-state index contributed by atoms with van der Waals surface area (Å²) in [6.45, 7) is 8.30. The number of nitrogens with one attached hydrogen (secondary N) is 1. The van der Waals surface area contributed by atoms with Gasteiger partial charge in [-0.25, -0.2) is 9.78 Å². The number of rotatable bonds is 4. The number of aryl methyl sites for hydroxylation is 1. The zero-order valence-electron chi connectivity index (χ0n) is 15.7. The average molecular weight is 375 g/mol. The van der Waals surface area contributed by atoms with Crippen molar-refractivity contribution in [3.05, 3.63) is 40.3 Å². The minimum atomic E-state index is -0.127.